The molecule has 0 aliphatic heterocycles. The van der Waals surface area contributed by atoms with Gasteiger partial charge in [-0.3, -0.25) is 9.48 Å². The summed E-state index contributed by atoms with van der Waals surface area (Å²) in [5.74, 6) is -0.401. The lowest BCUT2D eigenvalue weighted by molar-refractivity contribution is -0.156. The maximum atomic E-state index is 11.6. The van der Waals surface area contributed by atoms with Crippen LogP contribution in [0.25, 0.3) is 0 Å². The predicted molar refractivity (Wildman–Crippen MR) is 60.8 cm³/mol. The fourth-order valence-corrected chi connectivity index (χ4v) is 1.23. The largest absolute Gasteiger partial charge is 0.459 e. The highest BCUT2D eigenvalue weighted by Crippen LogP contribution is 2.08. The molecule has 0 radical (unpaired) electrons. The Bertz CT molecular complexity index is 366. The van der Waals surface area contributed by atoms with Crippen molar-refractivity contribution in [2.45, 2.75) is 45.9 Å². The van der Waals surface area contributed by atoms with Crippen molar-refractivity contribution in [1.82, 2.24) is 9.78 Å². The summed E-state index contributed by atoms with van der Waals surface area (Å²) < 4.78 is 6.87. The van der Waals surface area contributed by atoms with Crippen molar-refractivity contribution in [3.63, 3.8) is 0 Å². The van der Waals surface area contributed by atoms with Crippen LogP contribution in [0.2, 0.25) is 0 Å². The van der Waals surface area contributed by atoms with Gasteiger partial charge in [0.05, 0.1) is 6.54 Å². The smallest absolute Gasteiger partial charge is 0.325 e. The molecular weight excluding hydrogens is 206 g/mol. The number of ether oxygens (including phenoxy) is 1. The highest BCUT2D eigenvalue weighted by Gasteiger charge is 2.22. The van der Waals surface area contributed by atoms with Crippen LogP contribution in [0.4, 0.5) is 0 Å². The van der Waals surface area contributed by atoms with E-state index in [1.807, 2.05) is 33.8 Å². The molecule has 1 aromatic rings. The van der Waals surface area contributed by atoms with Crippen LogP contribution < -0.4 is 5.73 Å². The Morgan fingerprint density at radius 1 is 1.62 bits per heavy atom. The molecule has 5 nitrogen and oxygen atoms in total. The van der Waals surface area contributed by atoms with E-state index in [0.29, 0.717) is 6.54 Å². The Balaban J connectivity index is 2.56. The Morgan fingerprint density at radius 2 is 2.25 bits per heavy atom. The molecule has 1 heterocycles. The Hall–Kier alpha value is -1.36. The van der Waals surface area contributed by atoms with Crippen molar-refractivity contribution < 1.29 is 9.53 Å². The first-order valence-corrected chi connectivity index (χ1v) is 5.26. The second kappa shape index (κ2) is 4.65. The van der Waals surface area contributed by atoms with E-state index in [4.69, 9.17) is 10.5 Å². The zero-order chi connectivity index (χ0) is 12.3. The zero-order valence-electron chi connectivity index (χ0n) is 10.2. The summed E-state index contributed by atoms with van der Waals surface area (Å²) in [4.78, 5) is 11.6. The van der Waals surface area contributed by atoms with Gasteiger partial charge in [-0.2, -0.15) is 5.10 Å². The molecular formula is C11H19N3O2. The van der Waals surface area contributed by atoms with E-state index < -0.39 is 17.6 Å². The van der Waals surface area contributed by atoms with Crippen LogP contribution in [0.1, 0.15) is 26.5 Å². The Morgan fingerprint density at radius 3 is 2.69 bits per heavy atom. The van der Waals surface area contributed by atoms with Crippen molar-refractivity contribution in [3.05, 3.63) is 18.0 Å². The molecule has 0 saturated carbocycles. The van der Waals surface area contributed by atoms with E-state index in [2.05, 4.69) is 5.10 Å². The van der Waals surface area contributed by atoms with Gasteiger partial charge >= 0.3 is 5.97 Å². The van der Waals surface area contributed by atoms with Gasteiger partial charge in [0.1, 0.15) is 11.6 Å². The third-order valence-corrected chi connectivity index (χ3v) is 2.01. The highest BCUT2D eigenvalue weighted by molar-refractivity contribution is 5.75. The SMILES string of the molecule is Cc1ccnn1CC(N)C(=O)OC(C)(C)C. The molecule has 0 spiro atoms. The number of aromatic nitrogens is 2. The van der Waals surface area contributed by atoms with Crippen LogP contribution in [0.15, 0.2) is 12.3 Å². The molecule has 0 amide bonds. The van der Waals surface area contributed by atoms with Crippen LogP contribution in [0, 0.1) is 6.92 Å². The normalized spacial score (nSPS) is 13.6. The minimum Gasteiger partial charge on any atom is -0.459 e. The molecule has 0 aliphatic rings. The monoisotopic (exact) mass is 225 g/mol. The van der Waals surface area contributed by atoms with Crippen molar-refractivity contribution in [1.29, 1.82) is 0 Å². The number of hydrogen-bond acceptors (Lipinski definition) is 4. The predicted octanol–water partition coefficient (Wildman–Crippen LogP) is 0.861. The third kappa shape index (κ3) is 3.66. The lowest BCUT2D eigenvalue weighted by atomic mass is 10.2. The second-order valence-electron chi connectivity index (χ2n) is 4.79. The van der Waals surface area contributed by atoms with E-state index in [1.165, 1.54) is 0 Å². The average molecular weight is 225 g/mol. The molecule has 90 valence electrons. The van der Waals surface area contributed by atoms with Gasteiger partial charge < -0.3 is 10.5 Å². The minimum absolute atomic E-state index is 0.341. The molecule has 16 heavy (non-hydrogen) atoms. The van der Waals surface area contributed by atoms with E-state index in [-0.39, 0.29) is 0 Å². The maximum absolute atomic E-state index is 11.6. The number of aryl methyl sites for hydroxylation is 1. The first kappa shape index (κ1) is 12.7. The Labute approximate surface area is 95.6 Å². The number of esters is 1. The fourth-order valence-electron chi connectivity index (χ4n) is 1.23. The Kier molecular flexibility index (Phi) is 3.70. The second-order valence-corrected chi connectivity index (χ2v) is 4.79. The number of nitrogens with two attached hydrogens (primary N) is 1. The quantitative estimate of drug-likeness (QED) is 0.774. The molecule has 0 aliphatic carbocycles. The molecule has 0 fully saturated rings. The number of hydrogen-bond donors (Lipinski definition) is 1. The van der Waals surface area contributed by atoms with E-state index in [9.17, 15) is 4.79 Å². The van der Waals surface area contributed by atoms with Crippen LogP contribution in [-0.4, -0.2) is 27.4 Å². The molecule has 0 saturated heterocycles. The van der Waals surface area contributed by atoms with Gasteiger partial charge in [0.2, 0.25) is 0 Å². The summed E-state index contributed by atoms with van der Waals surface area (Å²) in [6, 6.07) is 1.18. The molecule has 1 atom stereocenters. The van der Waals surface area contributed by atoms with Gasteiger partial charge in [-0.25, -0.2) is 0 Å². The minimum atomic E-state index is -0.683. The molecule has 0 bridgehead atoms. The van der Waals surface area contributed by atoms with Crippen molar-refractivity contribution in [2.75, 3.05) is 0 Å². The van der Waals surface area contributed by atoms with Gasteiger partial charge in [0.25, 0.3) is 0 Å². The molecule has 0 aromatic carbocycles. The first-order valence-electron chi connectivity index (χ1n) is 5.26. The summed E-state index contributed by atoms with van der Waals surface area (Å²) >= 11 is 0. The van der Waals surface area contributed by atoms with Crippen LogP contribution in [0.3, 0.4) is 0 Å². The van der Waals surface area contributed by atoms with Gasteiger partial charge in [-0.05, 0) is 33.8 Å². The van der Waals surface area contributed by atoms with Crippen LogP contribution in [0.5, 0.6) is 0 Å². The highest BCUT2D eigenvalue weighted by atomic mass is 16.6. The fraction of sp³-hybridized carbons (Fsp3) is 0.636. The summed E-state index contributed by atoms with van der Waals surface area (Å²) in [6.07, 6.45) is 1.68. The van der Waals surface area contributed by atoms with Gasteiger partial charge in [0, 0.05) is 11.9 Å². The van der Waals surface area contributed by atoms with Gasteiger partial charge in [-0.15, -0.1) is 0 Å². The summed E-state index contributed by atoms with van der Waals surface area (Å²) in [5.41, 5.74) is 6.21. The lowest BCUT2D eigenvalue weighted by Crippen LogP contribution is -2.40. The zero-order valence-corrected chi connectivity index (χ0v) is 10.2. The first-order chi connectivity index (χ1) is 7.29. The number of nitrogens with zero attached hydrogens (tertiary/aromatic N) is 2. The number of rotatable bonds is 3. The molecule has 1 unspecified atom stereocenters. The number of carbonyl (C=O) groups excluding carboxylic acids is 1. The van der Waals surface area contributed by atoms with E-state index >= 15 is 0 Å². The molecule has 2 N–H and O–H groups in total. The maximum Gasteiger partial charge on any atom is 0.325 e. The van der Waals surface area contributed by atoms with Crippen molar-refractivity contribution in [3.8, 4) is 0 Å². The van der Waals surface area contributed by atoms with Crippen molar-refractivity contribution >= 4 is 5.97 Å². The number of carbonyl (C=O) groups is 1. The molecule has 1 aromatic heterocycles. The average Bonchev–Trinajstić information content (AvgIpc) is 2.49. The molecule has 1 rings (SSSR count). The molecule has 5 heteroatoms. The summed E-state index contributed by atoms with van der Waals surface area (Å²) in [5, 5.41) is 4.06. The lowest BCUT2D eigenvalue weighted by Gasteiger charge is -2.22. The van der Waals surface area contributed by atoms with Crippen molar-refractivity contribution in [2.24, 2.45) is 5.73 Å². The van der Waals surface area contributed by atoms with Crippen LogP contribution in [-0.2, 0) is 16.1 Å². The van der Waals surface area contributed by atoms with E-state index in [1.54, 1.807) is 10.9 Å². The van der Waals surface area contributed by atoms with Gasteiger partial charge in [0.15, 0.2) is 0 Å². The van der Waals surface area contributed by atoms with Gasteiger partial charge in [-0.1, -0.05) is 0 Å². The summed E-state index contributed by atoms with van der Waals surface area (Å²) in [7, 11) is 0. The standard InChI is InChI=1S/C11H19N3O2/c1-8-5-6-13-14(8)7-9(12)10(15)16-11(2,3)4/h5-6,9H,7,12H2,1-4H3. The van der Waals surface area contributed by atoms with Crippen LogP contribution >= 0.6 is 0 Å². The third-order valence-electron chi connectivity index (χ3n) is 2.01. The summed E-state index contributed by atoms with van der Waals surface area (Å²) in [6.45, 7) is 7.70. The topological polar surface area (TPSA) is 70.1 Å². The van der Waals surface area contributed by atoms with E-state index in [0.717, 1.165) is 5.69 Å².